The first-order chi connectivity index (χ1) is 11.1. The van der Waals surface area contributed by atoms with E-state index in [2.05, 4.69) is 22.4 Å². The van der Waals surface area contributed by atoms with Crippen LogP contribution in [0, 0.1) is 0 Å². The fourth-order valence-corrected chi connectivity index (χ4v) is 4.59. The highest BCUT2D eigenvalue weighted by atomic mass is 32.2. The van der Waals surface area contributed by atoms with Gasteiger partial charge in [-0.1, -0.05) is 30.3 Å². The molecule has 1 saturated heterocycles. The monoisotopic (exact) mass is 348 g/mol. The van der Waals surface area contributed by atoms with Crippen molar-refractivity contribution in [2.75, 3.05) is 18.1 Å². The summed E-state index contributed by atoms with van der Waals surface area (Å²) in [4.78, 5) is 16.6. The molecule has 2 heterocycles. The molecule has 0 bridgehead atoms. The van der Waals surface area contributed by atoms with Gasteiger partial charge in [0.1, 0.15) is 5.69 Å². The molecular weight excluding hydrogens is 328 g/mol. The van der Waals surface area contributed by atoms with Crippen LogP contribution < -0.4 is 5.32 Å². The highest BCUT2D eigenvalue weighted by Gasteiger charge is 2.30. The normalized spacial score (nSPS) is 16.9. The summed E-state index contributed by atoms with van der Waals surface area (Å²) in [6.07, 6.45) is 2.20. The Morgan fingerprint density at radius 1 is 1.26 bits per heavy atom. The van der Waals surface area contributed by atoms with Crippen molar-refractivity contribution in [2.24, 2.45) is 0 Å². The van der Waals surface area contributed by atoms with Gasteiger partial charge in [0.15, 0.2) is 0 Å². The van der Waals surface area contributed by atoms with Gasteiger partial charge in [-0.15, -0.1) is 11.3 Å². The Labute approximate surface area is 144 Å². The largest absolute Gasteiger partial charge is 0.388 e. The van der Waals surface area contributed by atoms with Crippen LogP contribution in [0.25, 0.3) is 0 Å². The van der Waals surface area contributed by atoms with Crippen LogP contribution in [0.2, 0.25) is 0 Å². The summed E-state index contributed by atoms with van der Waals surface area (Å²) in [7, 11) is 0. The maximum atomic E-state index is 12.2. The Balaban J connectivity index is 1.56. The van der Waals surface area contributed by atoms with Crippen molar-refractivity contribution in [3.8, 4) is 0 Å². The molecule has 1 amide bonds. The summed E-state index contributed by atoms with van der Waals surface area (Å²) in [6, 6.07) is 10.1. The number of carbonyl (C=O) groups is 1. The minimum atomic E-state index is -0.760. The van der Waals surface area contributed by atoms with Crippen molar-refractivity contribution in [3.05, 3.63) is 52.0 Å². The van der Waals surface area contributed by atoms with Crippen molar-refractivity contribution in [1.29, 1.82) is 0 Å². The van der Waals surface area contributed by atoms with Gasteiger partial charge in [-0.05, 0) is 29.9 Å². The average Bonchev–Trinajstić information content (AvgIpc) is 3.03. The molecule has 1 fully saturated rings. The lowest BCUT2D eigenvalue weighted by Gasteiger charge is -2.31. The molecule has 6 heteroatoms. The fourth-order valence-electron chi connectivity index (χ4n) is 2.53. The van der Waals surface area contributed by atoms with E-state index in [9.17, 15) is 9.90 Å². The van der Waals surface area contributed by atoms with Gasteiger partial charge in [-0.2, -0.15) is 11.8 Å². The smallest absolute Gasteiger partial charge is 0.270 e. The van der Waals surface area contributed by atoms with Gasteiger partial charge in [-0.3, -0.25) is 4.79 Å². The molecule has 1 aliphatic rings. The standard InChI is InChI=1S/C17H20N2O2S2/c20-16(18-12-17(21)6-8-22-9-7-17)14-11-23-15(19-14)10-13-4-2-1-3-5-13/h1-5,11,21H,6-10,12H2,(H,18,20). The number of hydrogen-bond donors (Lipinski definition) is 2. The molecular formula is C17H20N2O2S2. The summed E-state index contributed by atoms with van der Waals surface area (Å²) < 4.78 is 0. The second-order valence-corrected chi connectivity index (χ2v) is 7.98. The maximum Gasteiger partial charge on any atom is 0.270 e. The van der Waals surface area contributed by atoms with Crippen molar-refractivity contribution in [2.45, 2.75) is 24.9 Å². The van der Waals surface area contributed by atoms with Crippen LogP contribution in [0.1, 0.15) is 33.9 Å². The van der Waals surface area contributed by atoms with Crippen LogP contribution >= 0.6 is 23.1 Å². The van der Waals surface area contributed by atoms with E-state index in [1.807, 2.05) is 30.0 Å². The molecule has 3 rings (SSSR count). The number of nitrogens with one attached hydrogen (secondary N) is 1. The first-order valence-electron chi connectivity index (χ1n) is 7.71. The van der Waals surface area contributed by atoms with Gasteiger partial charge in [0, 0.05) is 18.3 Å². The van der Waals surface area contributed by atoms with Crippen LogP contribution in [0.15, 0.2) is 35.7 Å². The summed E-state index contributed by atoms with van der Waals surface area (Å²) >= 11 is 3.34. The van der Waals surface area contributed by atoms with E-state index in [-0.39, 0.29) is 5.91 Å². The molecule has 0 unspecified atom stereocenters. The van der Waals surface area contributed by atoms with Crippen molar-refractivity contribution >= 4 is 29.0 Å². The average molecular weight is 348 g/mol. The zero-order valence-corrected chi connectivity index (χ0v) is 14.5. The minimum absolute atomic E-state index is 0.202. The van der Waals surface area contributed by atoms with E-state index < -0.39 is 5.60 Å². The van der Waals surface area contributed by atoms with E-state index in [1.54, 1.807) is 5.38 Å². The highest BCUT2D eigenvalue weighted by molar-refractivity contribution is 7.99. The molecule has 0 radical (unpaired) electrons. The molecule has 122 valence electrons. The zero-order chi connectivity index (χ0) is 16.1. The molecule has 1 aromatic carbocycles. The molecule has 2 N–H and O–H groups in total. The quantitative estimate of drug-likeness (QED) is 0.872. The molecule has 0 saturated carbocycles. The van der Waals surface area contributed by atoms with Gasteiger partial charge in [0.05, 0.1) is 10.6 Å². The van der Waals surface area contributed by atoms with E-state index in [0.717, 1.165) is 35.8 Å². The molecule has 2 aromatic rings. The number of amides is 1. The van der Waals surface area contributed by atoms with Gasteiger partial charge < -0.3 is 10.4 Å². The molecule has 0 atom stereocenters. The van der Waals surface area contributed by atoms with Crippen molar-refractivity contribution in [3.63, 3.8) is 0 Å². The first kappa shape index (κ1) is 16.5. The number of rotatable bonds is 5. The fraction of sp³-hybridized carbons (Fsp3) is 0.412. The summed E-state index contributed by atoms with van der Waals surface area (Å²) in [5.41, 5.74) is 0.863. The van der Waals surface area contributed by atoms with Crippen LogP contribution in [-0.4, -0.2) is 39.6 Å². The van der Waals surface area contributed by atoms with Gasteiger partial charge in [0.25, 0.3) is 5.91 Å². The zero-order valence-electron chi connectivity index (χ0n) is 12.8. The predicted molar refractivity (Wildman–Crippen MR) is 95.2 cm³/mol. The van der Waals surface area contributed by atoms with E-state index in [4.69, 9.17) is 0 Å². The van der Waals surface area contributed by atoms with Crippen LogP contribution in [-0.2, 0) is 6.42 Å². The number of benzene rings is 1. The Bertz CT molecular complexity index is 652. The van der Waals surface area contributed by atoms with Gasteiger partial charge in [-0.25, -0.2) is 4.98 Å². The van der Waals surface area contributed by atoms with Crippen LogP contribution in [0.3, 0.4) is 0 Å². The first-order valence-corrected chi connectivity index (χ1v) is 9.75. The Hall–Kier alpha value is -1.37. The number of thioether (sulfide) groups is 1. The minimum Gasteiger partial charge on any atom is -0.388 e. The third-order valence-electron chi connectivity index (χ3n) is 3.98. The summed E-state index contributed by atoms with van der Waals surface area (Å²) in [5, 5.41) is 16.0. The predicted octanol–water partition coefficient (Wildman–Crippen LogP) is 2.72. The number of thiazole rings is 1. The number of aliphatic hydroxyl groups is 1. The highest BCUT2D eigenvalue weighted by Crippen LogP contribution is 2.26. The maximum absolute atomic E-state index is 12.2. The van der Waals surface area contributed by atoms with Crippen LogP contribution in [0.4, 0.5) is 0 Å². The molecule has 23 heavy (non-hydrogen) atoms. The van der Waals surface area contributed by atoms with Gasteiger partial charge >= 0.3 is 0 Å². The third kappa shape index (κ3) is 4.56. The number of hydrogen-bond acceptors (Lipinski definition) is 5. The lowest BCUT2D eigenvalue weighted by atomic mass is 9.97. The Morgan fingerprint density at radius 2 is 2.00 bits per heavy atom. The number of aromatic nitrogens is 1. The second kappa shape index (κ2) is 7.47. The van der Waals surface area contributed by atoms with E-state index in [1.165, 1.54) is 16.9 Å². The lowest BCUT2D eigenvalue weighted by molar-refractivity contribution is 0.0310. The number of nitrogens with zero attached hydrogens (tertiary/aromatic N) is 1. The van der Waals surface area contributed by atoms with Gasteiger partial charge in [0.2, 0.25) is 0 Å². The van der Waals surface area contributed by atoms with E-state index in [0.29, 0.717) is 12.2 Å². The van der Waals surface area contributed by atoms with Crippen LogP contribution in [0.5, 0.6) is 0 Å². The summed E-state index contributed by atoms with van der Waals surface area (Å²) in [6.45, 7) is 0.304. The van der Waals surface area contributed by atoms with E-state index >= 15 is 0 Å². The SMILES string of the molecule is O=C(NCC1(O)CCSCC1)c1csc(Cc2ccccc2)n1. The topological polar surface area (TPSA) is 62.2 Å². The Kier molecular flexibility index (Phi) is 5.35. The summed E-state index contributed by atoms with van der Waals surface area (Å²) in [5.74, 6) is 1.70. The van der Waals surface area contributed by atoms with Crippen molar-refractivity contribution < 1.29 is 9.90 Å². The molecule has 0 spiro atoms. The molecule has 1 aromatic heterocycles. The lowest BCUT2D eigenvalue weighted by Crippen LogP contribution is -2.45. The molecule has 4 nitrogen and oxygen atoms in total. The number of carbonyl (C=O) groups excluding carboxylic acids is 1. The molecule has 1 aliphatic heterocycles. The second-order valence-electron chi connectivity index (χ2n) is 5.81. The van der Waals surface area contributed by atoms with Crippen molar-refractivity contribution in [1.82, 2.24) is 10.3 Å². The Morgan fingerprint density at radius 3 is 2.74 bits per heavy atom. The third-order valence-corrected chi connectivity index (χ3v) is 5.82. The molecule has 0 aliphatic carbocycles.